The Bertz CT molecular complexity index is 1200. The minimum atomic E-state index is -0.282. The minimum Gasteiger partial charge on any atom is -0.469 e. The Labute approximate surface area is 172 Å². The van der Waals surface area contributed by atoms with Crippen molar-refractivity contribution >= 4 is 27.5 Å². The molecule has 4 rings (SSSR count). The molecule has 4 aromatic rings. The van der Waals surface area contributed by atoms with Crippen LogP contribution in [0.1, 0.15) is 12.8 Å². The van der Waals surface area contributed by atoms with E-state index < -0.39 is 0 Å². The van der Waals surface area contributed by atoms with Crippen molar-refractivity contribution < 1.29 is 9.53 Å². The summed E-state index contributed by atoms with van der Waals surface area (Å²) in [6.07, 6.45) is 0.767. The Morgan fingerprint density at radius 3 is 2.34 bits per heavy atom. The van der Waals surface area contributed by atoms with Crippen LogP contribution in [-0.4, -0.2) is 22.6 Å². The monoisotopic (exact) mass is 404 g/mol. The molecule has 0 saturated heterocycles. The molecule has 2 heterocycles. The van der Waals surface area contributed by atoms with Crippen LogP contribution in [0, 0.1) is 0 Å². The molecular weight excluding hydrogens is 384 g/mol. The van der Waals surface area contributed by atoms with Crippen molar-refractivity contribution in [3.63, 3.8) is 0 Å². The highest BCUT2D eigenvalue weighted by Crippen LogP contribution is 2.32. The van der Waals surface area contributed by atoms with E-state index in [0.717, 1.165) is 20.8 Å². The molecule has 2 aromatic carbocycles. The molecule has 0 aliphatic heterocycles. The topological polar surface area (TPSA) is 61.2 Å². The molecule has 0 saturated carbocycles. The molecule has 0 aliphatic carbocycles. The van der Waals surface area contributed by atoms with Crippen LogP contribution in [0.4, 0.5) is 0 Å². The molecule has 29 heavy (non-hydrogen) atoms. The van der Waals surface area contributed by atoms with Gasteiger partial charge >= 0.3 is 5.97 Å². The predicted octanol–water partition coefficient (Wildman–Crippen LogP) is 4.75. The lowest BCUT2D eigenvalue weighted by Gasteiger charge is -2.12. The number of hydrogen-bond acceptors (Lipinski definition) is 5. The van der Waals surface area contributed by atoms with Crippen LogP contribution in [0.2, 0.25) is 0 Å². The maximum atomic E-state index is 13.3. The van der Waals surface area contributed by atoms with Gasteiger partial charge in [-0.1, -0.05) is 60.7 Å². The van der Waals surface area contributed by atoms with Gasteiger partial charge in [0, 0.05) is 23.4 Å². The molecule has 2 aromatic heterocycles. The minimum absolute atomic E-state index is 0.0860. The van der Waals surface area contributed by atoms with E-state index in [1.54, 1.807) is 4.57 Å². The third kappa shape index (κ3) is 3.98. The van der Waals surface area contributed by atoms with Gasteiger partial charge in [0.25, 0.3) is 5.56 Å². The van der Waals surface area contributed by atoms with Crippen LogP contribution in [0.3, 0.4) is 0 Å². The van der Waals surface area contributed by atoms with E-state index in [1.807, 2.05) is 66.7 Å². The highest BCUT2D eigenvalue weighted by molar-refractivity contribution is 7.21. The molecule has 0 amide bonds. The number of aromatic nitrogens is 2. The molecule has 6 heteroatoms. The number of hydrogen-bond donors (Lipinski definition) is 0. The molecule has 0 bridgehead atoms. The molecule has 0 N–H and O–H groups in total. The summed E-state index contributed by atoms with van der Waals surface area (Å²) in [4.78, 5) is 31.4. The van der Waals surface area contributed by atoms with E-state index in [9.17, 15) is 9.59 Å². The maximum absolute atomic E-state index is 13.3. The largest absolute Gasteiger partial charge is 0.469 e. The van der Waals surface area contributed by atoms with Crippen LogP contribution < -0.4 is 5.56 Å². The highest BCUT2D eigenvalue weighted by atomic mass is 32.1. The number of fused-ring (bicyclic) bond motifs is 1. The Morgan fingerprint density at radius 1 is 1.03 bits per heavy atom. The van der Waals surface area contributed by atoms with Crippen LogP contribution in [0.25, 0.3) is 32.0 Å². The Morgan fingerprint density at radius 2 is 1.69 bits per heavy atom. The highest BCUT2D eigenvalue weighted by Gasteiger charge is 2.16. The van der Waals surface area contributed by atoms with Gasteiger partial charge in [-0.25, -0.2) is 4.98 Å². The van der Waals surface area contributed by atoms with Gasteiger partial charge in [-0.15, -0.1) is 11.3 Å². The Kier molecular flexibility index (Phi) is 5.53. The summed E-state index contributed by atoms with van der Waals surface area (Å²) in [7, 11) is 1.37. The quantitative estimate of drug-likeness (QED) is 0.435. The molecule has 0 aliphatic rings. The fourth-order valence-corrected chi connectivity index (χ4v) is 4.29. The second-order valence-electron chi connectivity index (χ2n) is 6.63. The normalized spacial score (nSPS) is 10.9. The van der Waals surface area contributed by atoms with Crippen LogP contribution in [0.15, 0.2) is 71.5 Å². The van der Waals surface area contributed by atoms with Crippen molar-refractivity contribution in [3.05, 3.63) is 77.1 Å². The van der Waals surface area contributed by atoms with Gasteiger partial charge in [-0.05, 0) is 18.1 Å². The van der Waals surface area contributed by atoms with Crippen LogP contribution in [-0.2, 0) is 16.1 Å². The molecule has 146 valence electrons. The summed E-state index contributed by atoms with van der Waals surface area (Å²) in [5, 5.41) is 0.603. The number of esters is 1. The summed E-state index contributed by atoms with van der Waals surface area (Å²) in [5.41, 5.74) is 1.85. The van der Waals surface area contributed by atoms with Gasteiger partial charge in [0.2, 0.25) is 0 Å². The van der Waals surface area contributed by atoms with Gasteiger partial charge in [-0.3, -0.25) is 14.2 Å². The summed E-state index contributed by atoms with van der Waals surface area (Å²) in [5.74, 6) is 0.338. The van der Waals surface area contributed by atoms with Crippen molar-refractivity contribution in [2.24, 2.45) is 0 Å². The first-order valence-corrected chi connectivity index (χ1v) is 10.2. The van der Waals surface area contributed by atoms with E-state index in [0.29, 0.717) is 24.2 Å². The Balaban J connectivity index is 1.83. The van der Waals surface area contributed by atoms with Gasteiger partial charge < -0.3 is 4.74 Å². The first-order chi connectivity index (χ1) is 14.2. The summed E-state index contributed by atoms with van der Waals surface area (Å²) in [6, 6.07) is 21.6. The lowest BCUT2D eigenvalue weighted by molar-refractivity contribution is -0.140. The summed E-state index contributed by atoms with van der Waals surface area (Å²) >= 11 is 1.52. The number of ether oxygens (including phenoxy) is 1. The number of rotatable bonds is 6. The van der Waals surface area contributed by atoms with E-state index in [-0.39, 0.29) is 17.9 Å². The molecule has 0 unspecified atom stereocenters. The number of benzene rings is 2. The van der Waals surface area contributed by atoms with E-state index >= 15 is 0 Å². The third-order valence-electron chi connectivity index (χ3n) is 4.73. The first-order valence-electron chi connectivity index (χ1n) is 9.39. The first kappa shape index (κ1) is 19.1. The van der Waals surface area contributed by atoms with E-state index in [1.165, 1.54) is 18.4 Å². The number of thiophene rings is 1. The molecular formula is C23H20N2O3S. The standard InChI is InChI=1S/C23H20N2O3S/c1-28-20(26)13-8-14-25-21(17-11-6-3-7-12-17)24-22-18(23(25)27)15-19(29-22)16-9-4-2-5-10-16/h2-7,9-12,15H,8,13-14H2,1H3. The lowest BCUT2D eigenvalue weighted by Crippen LogP contribution is -2.23. The number of methoxy groups -OCH3 is 1. The average Bonchev–Trinajstić information content (AvgIpc) is 3.21. The molecule has 0 radical (unpaired) electrons. The number of carbonyl (C=O) groups is 1. The van der Waals surface area contributed by atoms with Crippen LogP contribution >= 0.6 is 11.3 Å². The average molecular weight is 404 g/mol. The van der Waals surface area contributed by atoms with Gasteiger partial charge in [-0.2, -0.15) is 0 Å². The van der Waals surface area contributed by atoms with Crippen molar-refractivity contribution in [1.29, 1.82) is 0 Å². The second-order valence-corrected chi connectivity index (χ2v) is 7.66. The molecule has 0 spiro atoms. The van der Waals surface area contributed by atoms with Crippen molar-refractivity contribution in [3.8, 4) is 21.8 Å². The predicted molar refractivity (Wildman–Crippen MR) is 116 cm³/mol. The molecule has 5 nitrogen and oxygen atoms in total. The van der Waals surface area contributed by atoms with E-state index in [4.69, 9.17) is 9.72 Å². The smallest absolute Gasteiger partial charge is 0.305 e. The van der Waals surface area contributed by atoms with Crippen molar-refractivity contribution in [2.75, 3.05) is 7.11 Å². The lowest BCUT2D eigenvalue weighted by atomic mass is 10.1. The summed E-state index contributed by atoms with van der Waals surface area (Å²) in [6.45, 7) is 0.400. The van der Waals surface area contributed by atoms with Crippen LogP contribution in [0.5, 0.6) is 0 Å². The van der Waals surface area contributed by atoms with Gasteiger partial charge in [0.1, 0.15) is 10.7 Å². The maximum Gasteiger partial charge on any atom is 0.305 e. The zero-order valence-corrected chi connectivity index (χ0v) is 16.8. The number of nitrogens with zero attached hydrogens (tertiary/aromatic N) is 2. The Hall–Kier alpha value is -3.25. The third-order valence-corrected chi connectivity index (χ3v) is 5.81. The van der Waals surface area contributed by atoms with Crippen molar-refractivity contribution in [1.82, 2.24) is 9.55 Å². The van der Waals surface area contributed by atoms with Gasteiger partial charge in [0.05, 0.1) is 12.5 Å². The zero-order valence-electron chi connectivity index (χ0n) is 16.0. The van der Waals surface area contributed by atoms with Crippen molar-refractivity contribution in [2.45, 2.75) is 19.4 Å². The fourth-order valence-electron chi connectivity index (χ4n) is 3.26. The zero-order chi connectivity index (χ0) is 20.2. The molecule has 0 fully saturated rings. The SMILES string of the molecule is COC(=O)CCCn1c(-c2ccccc2)nc2sc(-c3ccccc3)cc2c1=O. The second kappa shape index (κ2) is 8.41. The fraction of sp³-hybridized carbons (Fsp3) is 0.174. The molecule has 0 atom stereocenters. The van der Waals surface area contributed by atoms with E-state index in [2.05, 4.69) is 0 Å². The number of carbonyl (C=O) groups excluding carboxylic acids is 1. The summed E-state index contributed by atoms with van der Waals surface area (Å²) < 4.78 is 6.38. The van der Waals surface area contributed by atoms with Gasteiger partial charge in [0.15, 0.2) is 0 Å².